The molecule has 2 aromatic rings. The minimum atomic E-state index is -0.0107. The van der Waals surface area contributed by atoms with E-state index in [1.54, 1.807) is 23.9 Å². The smallest absolute Gasteiger partial charge is 0.253 e. The van der Waals surface area contributed by atoms with Gasteiger partial charge in [-0.05, 0) is 43.5 Å². The lowest BCUT2D eigenvalue weighted by Gasteiger charge is -2.20. The van der Waals surface area contributed by atoms with Gasteiger partial charge in [-0.2, -0.15) is 0 Å². The van der Waals surface area contributed by atoms with Gasteiger partial charge in [0.2, 0.25) is 5.91 Å². The summed E-state index contributed by atoms with van der Waals surface area (Å²) in [4.78, 5) is 32.7. The zero-order chi connectivity index (χ0) is 23.3. The Bertz CT molecular complexity index is 903. The number of rotatable bonds is 10. The van der Waals surface area contributed by atoms with Gasteiger partial charge in [0.25, 0.3) is 5.91 Å². The van der Waals surface area contributed by atoms with E-state index in [4.69, 9.17) is 0 Å². The van der Waals surface area contributed by atoms with Crippen molar-refractivity contribution in [1.29, 1.82) is 0 Å². The van der Waals surface area contributed by atoms with Gasteiger partial charge in [0, 0.05) is 45.8 Å². The number of nitrogens with one attached hydrogen (secondary N) is 2. The van der Waals surface area contributed by atoms with Crippen LogP contribution in [0.2, 0.25) is 0 Å². The highest BCUT2D eigenvalue weighted by Gasteiger charge is 2.12. The average molecular weight is 566 g/mol. The molecule has 0 radical (unpaired) electrons. The molecule has 2 rings (SSSR count). The van der Waals surface area contributed by atoms with Crippen molar-refractivity contribution in [2.75, 3.05) is 40.3 Å². The number of amides is 2. The molecule has 33 heavy (non-hydrogen) atoms. The van der Waals surface area contributed by atoms with E-state index in [-0.39, 0.29) is 42.3 Å². The van der Waals surface area contributed by atoms with Crippen molar-refractivity contribution in [3.8, 4) is 0 Å². The molecule has 0 aromatic heterocycles. The van der Waals surface area contributed by atoms with E-state index in [2.05, 4.69) is 15.6 Å². The van der Waals surface area contributed by atoms with E-state index in [1.165, 1.54) is 0 Å². The topological polar surface area (TPSA) is 77.0 Å². The molecule has 2 amide bonds. The van der Waals surface area contributed by atoms with Crippen molar-refractivity contribution in [2.24, 2.45) is 4.99 Å². The minimum Gasteiger partial charge on any atom is -0.357 e. The summed E-state index contributed by atoms with van der Waals surface area (Å²) >= 11 is 0. The highest BCUT2D eigenvalue weighted by Crippen LogP contribution is 2.08. The predicted molar refractivity (Wildman–Crippen MR) is 145 cm³/mol. The molecule has 0 saturated carbocycles. The van der Waals surface area contributed by atoms with Crippen molar-refractivity contribution in [3.05, 3.63) is 71.3 Å². The highest BCUT2D eigenvalue weighted by molar-refractivity contribution is 14.0. The second-order valence-corrected chi connectivity index (χ2v) is 7.67. The zero-order valence-corrected chi connectivity index (χ0v) is 22.3. The van der Waals surface area contributed by atoms with Crippen molar-refractivity contribution in [1.82, 2.24) is 20.4 Å². The SMILES string of the molecule is CCNC(=NCC(=O)N(CC)Cc1ccccc1)NCCc1cccc(C(=O)N(C)C)c1.I. The first kappa shape index (κ1) is 28.4. The summed E-state index contributed by atoms with van der Waals surface area (Å²) in [5.41, 5.74) is 2.85. The Labute approximate surface area is 214 Å². The van der Waals surface area contributed by atoms with Gasteiger partial charge in [0.1, 0.15) is 6.54 Å². The number of nitrogens with zero attached hydrogens (tertiary/aromatic N) is 3. The van der Waals surface area contributed by atoms with Crippen LogP contribution >= 0.6 is 24.0 Å². The Morgan fingerprint density at radius 1 is 0.939 bits per heavy atom. The molecule has 180 valence electrons. The van der Waals surface area contributed by atoms with Crippen LogP contribution in [0, 0.1) is 0 Å². The fourth-order valence-electron chi connectivity index (χ4n) is 3.21. The number of aliphatic imine (C=N–C) groups is 1. The number of benzene rings is 2. The Kier molecular flexibility index (Phi) is 13.1. The largest absolute Gasteiger partial charge is 0.357 e. The molecule has 0 heterocycles. The number of likely N-dealkylation sites (N-methyl/N-ethyl adjacent to an activating group) is 1. The van der Waals surface area contributed by atoms with Gasteiger partial charge in [0.05, 0.1) is 0 Å². The zero-order valence-electron chi connectivity index (χ0n) is 20.0. The maximum atomic E-state index is 12.7. The molecule has 0 aliphatic carbocycles. The summed E-state index contributed by atoms with van der Waals surface area (Å²) in [5, 5.41) is 6.46. The summed E-state index contributed by atoms with van der Waals surface area (Å²) in [6.07, 6.45) is 0.738. The van der Waals surface area contributed by atoms with Crippen molar-refractivity contribution in [3.63, 3.8) is 0 Å². The molecule has 0 spiro atoms. The minimum absolute atomic E-state index is 0. The molecule has 0 unspecified atom stereocenters. The van der Waals surface area contributed by atoms with E-state index in [9.17, 15) is 9.59 Å². The molecular weight excluding hydrogens is 529 g/mol. The third-order valence-corrected chi connectivity index (χ3v) is 4.95. The van der Waals surface area contributed by atoms with Gasteiger partial charge in [-0.1, -0.05) is 42.5 Å². The van der Waals surface area contributed by atoms with Gasteiger partial charge < -0.3 is 20.4 Å². The molecule has 0 fully saturated rings. The van der Waals surface area contributed by atoms with Crippen molar-refractivity contribution >= 4 is 41.8 Å². The van der Waals surface area contributed by atoms with Gasteiger partial charge in [-0.3, -0.25) is 9.59 Å². The second-order valence-electron chi connectivity index (χ2n) is 7.67. The third kappa shape index (κ3) is 9.81. The number of guanidine groups is 1. The molecular formula is C25H36IN5O2. The van der Waals surface area contributed by atoms with Gasteiger partial charge in [-0.25, -0.2) is 4.99 Å². The fourth-order valence-corrected chi connectivity index (χ4v) is 3.21. The average Bonchev–Trinajstić information content (AvgIpc) is 2.81. The van der Waals surface area contributed by atoms with Gasteiger partial charge in [-0.15, -0.1) is 24.0 Å². The van der Waals surface area contributed by atoms with Crippen LogP contribution in [-0.2, 0) is 17.8 Å². The van der Waals surface area contributed by atoms with Gasteiger partial charge in [0.15, 0.2) is 5.96 Å². The lowest BCUT2D eigenvalue weighted by molar-refractivity contribution is -0.130. The molecule has 0 atom stereocenters. The number of carbonyl (C=O) groups is 2. The normalized spacial score (nSPS) is 10.7. The highest BCUT2D eigenvalue weighted by atomic mass is 127. The number of halogens is 1. The molecule has 2 N–H and O–H groups in total. The Morgan fingerprint density at radius 2 is 1.64 bits per heavy atom. The Morgan fingerprint density at radius 3 is 2.27 bits per heavy atom. The number of hydrogen-bond donors (Lipinski definition) is 2. The molecule has 2 aromatic carbocycles. The maximum absolute atomic E-state index is 12.7. The van der Waals surface area contributed by atoms with Crippen LogP contribution in [-0.4, -0.2) is 67.8 Å². The molecule has 0 aliphatic rings. The van der Waals surface area contributed by atoms with E-state index in [0.717, 1.165) is 17.5 Å². The number of carbonyl (C=O) groups excluding carboxylic acids is 2. The van der Waals surface area contributed by atoms with Crippen LogP contribution in [0.4, 0.5) is 0 Å². The summed E-state index contributed by atoms with van der Waals surface area (Å²) < 4.78 is 0. The second kappa shape index (κ2) is 15.3. The fraction of sp³-hybridized carbons (Fsp3) is 0.400. The predicted octanol–water partition coefficient (Wildman–Crippen LogP) is 3.15. The van der Waals surface area contributed by atoms with E-state index in [0.29, 0.717) is 37.7 Å². The van der Waals surface area contributed by atoms with Gasteiger partial charge >= 0.3 is 0 Å². The summed E-state index contributed by atoms with van der Waals surface area (Å²) in [5.74, 6) is 0.588. The first-order chi connectivity index (χ1) is 15.4. The summed E-state index contributed by atoms with van der Waals surface area (Å²) in [7, 11) is 3.49. The summed E-state index contributed by atoms with van der Waals surface area (Å²) in [6, 6.07) is 17.6. The summed E-state index contributed by atoms with van der Waals surface area (Å²) in [6.45, 7) is 6.61. The van der Waals surface area contributed by atoms with Crippen molar-refractivity contribution in [2.45, 2.75) is 26.8 Å². The molecule has 7 nitrogen and oxygen atoms in total. The lowest BCUT2D eigenvalue weighted by Crippen LogP contribution is -2.40. The van der Waals surface area contributed by atoms with Crippen LogP contribution in [0.25, 0.3) is 0 Å². The first-order valence-corrected chi connectivity index (χ1v) is 11.1. The van der Waals surface area contributed by atoms with E-state index >= 15 is 0 Å². The van der Waals surface area contributed by atoms with Crippen LogP contribution in [0.5, 0.6) is 0 Å². The van der Waals surface area contributed by atoms with E-state index < -0.39 is 0 Å². The van der Waals surface area contributed by atoms with E-state index in [1.807, 2.05) is 68.4 Å². The van der Waals surface area contributed by atoms with Crippen LogP contribution in [0.3, 0.4) is 0 Å². The maximum Gasteiger partial charge on any atom is 0.253 e. The van der Waals surface area contributed by atoms with Crippen LogP contribution in [0.1, 0.15) is 35.3 Å². The Balaban J connectivity index is 0.00000544. The van der Waals surface area contributed by atoms with Crippen LogP contribution < -0.4 is 10.6 Å². The van der Waals surface area contributed by atoms with Crippen molar-refractivity contribution < 1.29 is 9.59 Å². The molecule has 0 saturated heterocycles. The molecule has 0 aliphatic heterocycles. The molecule has 0 bridgehead atoms. The Hall–Kier alpha value is -2.62. The lowest BCUT2D eigenvalue weighted by atomic mass is 10.1. The quantitative estimate of drug-likeness (QED) is 0.264. The number of hydrogen-bond acceptors (Lipinski definition) is 3. The van der Waals surface area contributed by atoms with Crippen LogP contribution in [0.15, 0.2) is 59.6 Å². The third-order valence-electron chi connectivity index (χ3n) is 4.95. The molecule has 8 heteroatoms. The standard InChI is InChI=1S/C25H35N5O2.HI/c1-5-26-25(27-16-15-20-13-10-14-22(17-20)24(32)29(3)4)28-18-23(31)30(6-2)19-21-11-8-7-9-12-21;/h7-14,17H,5-6,15-16,18-19H2,1-4H3,(H2,26,27,28);1H. The first-order valence-electron chi connectivity index (χ1n) is 11.1. The monoisotopic (exact) mass is 565 g/mol.